The van der Waals surface area contributed by atoms with Crippen LogP contribution in [-0.2, 0) is 16.4 Å². The van der Waals surface area contributed by atoms with Crippen LogP contribution in [0.25, 0.3) is 0 Å². The van der Waals surface area contributed by atoms with Gasteiger partial charge in [0.25, 0.3) is 0 Å². The summed E-state index contributed by atoms with van der Waals surface area (Å²) < 4.78 is 45.8. The fourth-order valence-corrected chi connectivity index (χ4v) is 5.70. The van der Waals surface area contributed by atoms with E-state index in [1.807, 2.05) is 11.4 Å². The Balaban J connectivity index is 1.39. The predicted octanol–water partition coefficient (Wildman–Crippen LogP) is 3.39. The number of anilines is 1. The topological polar surface area (TPSA) is 62.7 Å². The molecule has 1 aliphatic heterocycles. The normalized spacial score (nSPS) is 15.3. The van der Waals surface area contributed by atoms with Gasteiger partial charge in [0.15, 0.2) is 5.13 Å². The number of piperazine rings is 1. The summed E-state index contributed by atoms with van der Waals surface area (Å²) in [7, 11) is -1.99. The summed E-state index contributed by atoms with van der Waals surface area (Å²) in [5.74, 6) is 0.369. The molecule has 0 bridgehead atoms. The van der Waals surface area contributed by atoms with E-state index in [9.17, 15) is 12.8 Å². The quantitative estimate of drug-likeness (QED) is 0.580. The molecule has 0 aliphatic carbocycles. The first-order valence-corrected chi connectivity index (χ1v) is 11.9. The van der Waals surface area contributed by atoms with Crippen molar-refractivity contribution in [2.75, 3.05) is 38.2 Å². The Bertz CT molecular complexity index is 1110. The molecule has 0 unspecified atom stereocenters. The van der Waals surface area contributed by atoms with Gasteiger partial charge in [-0.1, -0.05) is 12.1 Å². The van der Waals surface area contributed by atoms with Gasteiger partial charge in [0.2, 0.25) is 10.0 Å². The van der Waals surface area contributed by atoms with Crippen LogP contribution in [-0.4, -0.2) is 51.0 Å². The largest absolute Gasteiger partial charge is 0.497 e. The van der Waals surface area contributed by atoms with Gasteiger partial charge in [0, 0.05) is 38.0 Å². The van der Waals surface area contributed by atoms with Crippen molar-refractivity contribution in [3.05, 3.63) is 71.0 Å². The zero-order chi connectivity index (χ0) is 21.1. The van der Waals surface area contributed by atoms with E-state index in [1.165, 1.54) is 27.8 Å². The number of hydrogen-bond donors (Lipinski definition) is 0. The van der Waals surface area contributed by atoms with Gasteiger partial charge in [-0.05, 0) is 42.0 Å². The third-order valence-corrected chi connectivity index (χ3v) is 7.88. The first kappa shape index (κ1) is 20.8. The maximum atomic E-state index is 13.4. The van der Waals surface area contributed by atoms with Crippen LogP contribution in [0.1, 0.15) is 11.3 Å². The lowest BCUT2D eigenvalue weighted by atomic mass is 10.1. The molecular formula is C21H22FN3O3S2. The third-order valence-electron chi connectivity index (χ3n) is 5.02. The zero-order valence-corrected chi connectivity index (χ0v) is 18.1. The van der Waals surface area contributed by atoms with Crippen LogP contribution in [0.5, 0.6) is 5.75 Å². The highest BCUT2D eigenvalue weighted by Gasteiger charge is 2.29. The van der Waals surface area contributed by atoms with Crippen LogP contribution in [0.3, 0.4) is 0 Å². The first-order valence-electron chi connectivity index (χ1n) is 9.54. The molecule has 1 aromatic heterocycles. The molecule has 30 heavy (non-hydrogen) atoms. The Hall–Kier alpha value is -2.49. The highest BCUT2D eigenvalue weighted by atomic mass is 32.2. The molecule has 9 heteroatoms. The molecule has 2 heterocycles. The summed E-state index contributed by atoms with van der Waals surface area (Å²) in [6.07, 6.45) is 0.570. The molecule has 0 atom stereocenters. The lowest BCUT2D eigenvalue weighted by Crippen LogP contribution is -2.48. The van der Waals surface area contributed by atoms with Crippen LogP contribution < -0.4 is 9.64 Å². The van der Waals surface area contributed by atoms with Crippen molar-refractivity contribution in [1.82, 2.24) is 9.29 Å². The SMILES string of the molecule is COc1ccc(S(=O)(=O)N2CCN(c3nc(Cc4cccc(F)c4)cs3)CC2)cc1. The second kappa shape index (κ2) is 8.71. The lowest BCUT2D eigenvalue weighted by molar-refractivity contribution is 0.384. The lowest BCUT2D eigenvalue weighted by Gasteiger charge is -2.33. The second-order valence-electron chi connectivity index (χ2n) is 6.99. The van der Waals surface area contributed by atoms with Gasteiger partial charge in [0.05, 0.1) is 17.7 Å². The van der Waals surface area contributed by atoms with Gasteiger partial charge in [-0.25, -0.2) is 17.8 Å². The highest BCUT2D eigenvalue weighted by molar-refractivity contribution is 7.89. The number of hydrogen-bond acceptors (Lipinski definition) is 6. The number of halogens is 1. The van der Waals surface area contributed by atoms with Gasteiger partial charge in [-0.3, -0.25) is 0 Å². The molecule has 0 spiro atoms. The molecule has 6 nitrogen and oxygen atoms in total. The number of rotatable bonds is 6. The molecule has 2 aromatic carbocycles. The molecule has 0 radical (unpaired) electrons. The standard InChI is InChI=1S/C21H22FN3O3S2/c1-28-19-5-7-20(8-6-19)30(26,27)25-11-9-24(10-12-25)21-23-18(15-29-21)14-16-3-2-4-17(22)13-16/h2-8,13,15H,9-12,14H2,1H3. The number of methoxy groups -OCH3 is 1. The molecule has 0 saturated carbocycles. The maximum Gasteiger partial charge on any atom is 0.243 e. The molecular weight excluding hydrogens is 425 g/mol. The third kappa shape index (κ3) is 4.48. The summed E-state index contributed by atoms with van der Waals surface area (Å²) in [4.78, 5) is 7.03. The minimum Gasteiger partial charge on any atom is -0.497 e. The van der Waals surface area contributed by atoms with Crippen molar-refractivity contribution >= 4 is 26.5 Å². The summed E-state index contributed by atoms with van der Waals surface area (Å²) >= 11 is 1.53. The minimum atomic E-state index is -3.53. The highest BCUT2D eigenvalue weighted by Crippen LogP contribution is 2.26. The summed E-state index contributed by atoms with van der Waals surface area (Å²) in [6.45, 7) is 1.94. The summed E-state index contributed by atoms with van der Waals surface area (Å²) in [6, 6.07) is 13.0. The molecule has 1 fully saturated rings. The molecule has 158 valence electrons. The van der Waals surface area contributed by atoms with Crippen LogP contribution >= 0.6 is 11.3 Å². The summed E-state index contributed by atoms with van der Waals surface area (Å²) in [5.41, 5.74) is 1.76. The van der Waals surface area contributed by atoms with Crippen LogP contribution in [0, 0.1) is 5.82 Å². The van der Waals surface area contributed by atoms with E-state index < -0.39 is 10.0 Å². The van der Waals surface area contributed by atoms with Gasteiger partial charge in [-0.15, -0.1) is 11.3 Å². The van der Waals surface area contributed by atoms with Crippen LogP contribution in [0.15, 0.2) is 58.8 Å². The number of nitrogens with zero attached hydrogens (tertiary/aromatic N) is 3. The zero-order valence-electron chi connectivity index (χ0n) is 16.5. The number of sulfonamides is 1. The molecule has 1 saturated heterocycles. The van der Waals surface area contributed by atoms with Gasteiger partial charge in [-0.2, -0.15) is 4.31 Å². The average molecular weight is 448 g/mol. The summed E-state index contributed by atoms with van der Waals surface area (Å²) in [5, 5.41) is 2.84. The number of ether oxygens (including phenoxy) is 1. The van der Waals surface area contributed by atoms with Gasteiger partial charge in [0.1, 0.15) is 11.6 Å². The Labute approximate surface area is 179 Å². The fraction of sp³-hybridized carbons (Fsp3) is 0.286. The Morgan fingerprint density at radius 3 is 2.50 bits per heavy atom. The van der Waals surface area contributed by atoms with Crippen molar-refractivity contribution in [3.63, 3.8) is 0 Å². The monoisotopic (exact) mass is 447 g/mol. The van der Waals surface area contributed by atoms with Crippen LogP contribution in [0.4, 0.5) is 9.52 Å². The average Bonchev–Trinajstić information content (AvgIpc) is 3.22. The fourth-order valence-electron chi connectivity index (χ4n) is 3.40. The molecule has 0 N–H and O–H groups in total. The number of benzene rings is 2. The van der Waals surface area contributed by atoms with E-state index in [1.54, 1.807) is 37.4 Å². The Morgan fingerprint density at radius 2 is 1.83 bits per heavy atom. The van der Waals surface area contributed by atoms with E-state index >= 15 is 0 Å². The molecule has 0 amide bonds. The molecule has 3 aromatic rings. The van der Waals surface area contributed by atoms with E-state index in [-0.39, 0.29) is 10.7 Å². The van der Waals surface area contributed by atoms with Crippen molar-refractivity contribution in [3.8, 4) is 5.75 Å². The maximum absolute atomic E-state index is 13.4. The van der Waals surface area contributed by atoms with E-state index in [2.05, 4.69) is 9.88 Å². The van der Waals surface area contributed by atoms with E-state index in [0.717, 1.165) is 16.4 Å². The molecule has 1 aliphatic rings. The molecule has 4 rings (SSSR count). The van der Waals surface area contributed by atoms with Crippen molar-refractivity contribution < 1.29 is 17.5 Å². The van der Waals surface area contributed by atoms with E-state index in [0.29, 0.717) is 38.3 Å². The first-order chi connectivity index (χ1) is 14.5. The predicted molar refractivity (Wildman–Crippen MR) is 115 cm³/mol. The van der Waals surface area contributed by atoms with Crippen molar-refractivity contribution in [1.29, 1.82) is 0 Å². The smallest absolute Gasteiger partial charge is 0.243 e. The minimum absolute atomic E-state index is 0.253. The van der Waals surface area contributed by atoms with Crippen LogP contribution in [0.2, 0.25) is 0 Å². The van der Waals surface area contributed by atoms with Crippen molar-refractivity contribution in [2.45, 2.75) is 11.3 Å². The Kier molecular flexibility index (Phi) is 6.03. The van der Waals surface area contributed by atoms with E-state index in [4.69, 9.17) is 4.74 Å². The van der Waals surface area contributed by atoms with Gasteiger partial charge >= 0.3 is 0 Å². The van der Waals surface area contributed by atoms with Crippen molar-refractivity contribution in [2.24, 2.45) is 0 Å². The number of thiazole rings is 1. The number of aromatic nitrogens is 1. The van der Waals surface area contributed by atoms with Gasteiger partial charge < -0.3 is 9.64 Å². The Morgan fingerprint density at radius 1 is 1.10 bits per heavy atom. The second-order valence-corrected chi connectivity index (χ2v) is 9.77.